The fourth-order valence-electron chi connectivity index (χ4n) is 2.17. The summed E-state index contributed by atoms with van der Waals surface area (Å²) in [6, 6.07) is 9.42. The van der Waals surface area contributed by atoms with Crippen LogP contribution in [0.1, 0.15) is 19.3 Å². The molecule has 2 N–H and O–H groups in total. The zero-order chi connectivity index (χ0) is 12.3. The third-order valence-corrected chi connectivity index (χ3v) is 3.10. The molecule has 1 heterocycles. The summed E-state index contributed by atoms with van der Waals surface area (Å²) in [5.41, 5.74) is 6.12. The van der Waals surface area contributed by atoms with E-state index in [4.69, 9.17) is 5.73 Å². The van der Waals surface area contributed by atoms with Crippen molar-refractivity contribution >= 4 is 17.5 Å². The second kappa shape index (κ2) is 4.99. The molecule has 0 saturated carbocycles. The van der Waals surface area contributed by atoms with Gasteiger partial charge in [-0.05, 0) is 25.0 Å². The van der Waals surface area contributed by atoms with Crippen molar-refractivity contribution in [2.45, 2.75) is 19.3 Å². The van der Waals surface area contributed by atoms with Gasteiger partial charge in [-0.1, -0.05) is 24.6 Å². The second-order valence-corrected chi connectivity index (χ2v) is 4.28. The molecule has 1 saturated heterocycles. The van der Waals surface area contributed by atoms with Gasteiger partial charge in [-0.2, -0.15) is 0 Å². The van der Waals surface area contributed by atoms with Crippen LogP contribution < -0.4 is 10.6 Å². The molecular formula is C13H16N2O2. The van der Waals surface area contributed by atoms with Crippen molar-refractivity contribution in [3.05, 3.63) is 30.3 Å². The Morgan fingerprint density at radius 1 is 1.24 bits per heavy atom. The largest absolute Gasteiger partial charge is 0.369 e. The number of primary amides is 1. The molecule has 1 aromatic carbocycles. The summed E-state index contributed by atoms with van der Waals surface area (Å²) in [5.74, 6) is -1.35. The number of carbonyl (C=O) groups is 2. The summed E-state index contributed by atoms with van der Waals surface area (Å²) in [7, 11) is 0. The summed E-state index contributed by atoms with van der Waals surface area (Å²) >= 11 is 0. The van der Waals surface area contributed by atoms with Gasteiger partial charge < -0.3 is 10.6 Å². The minimum atomic E-state index is -0.669. The summed E-state index contributed by atoms with van der Waals surface area (Å²) < 4.78 is 0. The maximum atomic E-state index is 12.2. The topological polar surface area (TPSA) is 63.4 Å². The molecule has 0 aliphatic carbocycles. The van der Waals surface area contributed by atoms with Gasteiger partial charge in [0.25, 0.3) is 0 Å². The van der Waals surface area contributed by atoms with Crippen molar-refractivity contribution in [3.8, 4) is 0 Å². The lowest BCUT2D eigenvalue weighted by atomic mass is 10.0. The van der Waals surface area contributed by atoms with E-state index in [0.29, 0.717) is 13.0 Å². The molecule has 1 unspecified atom stereocenters. The van der Waals surface area contributed by atoms with E-state index in [1.54, 1.807) is 4.90 Å². The fraction of sp³-hybridized carbons (Fsp3) is 0.385. The van der Waals surface area contributed by atoms with Crippen LogP contribution in [0.15, 0.2) is 30.3 Å². The van der Waals surface area contributed by atoms with Crippen LogP contribution >= 0.6 is 0 Å². The molecule has 1 aliphatic rings. The van der Waals surface area contributed by atoms with Crippen LogP contribution in [0.25, 0.3) is 0 Å². The highest BCUT2D eigenvalue weighted by molar-refractivity contribution is 6.07. The number of amides is 2. The predicted molar refractivity (Wildman–Crippen MR) is 65.3 cm³/mol. The van der Waals surface area contributed by atoms with Crippen LogP contribution in [0.2, 0.25) is 0 Å². The Morgan fingerprint density at radius 3 is 2.59 bits per heavy atom. The first-order valence-electron chi connectivity index (χ1n) is 5.86. The summed E-state index contributed by atoms with van der Waals surface area (Å²) in [6.45, 7) is 0.659. The molecule has 4 nitrogen and oxygen atoms in total. The highest BCUT2D eigenvalue weighted by Gasteiger charge is 2.31. The van der Waals surface area contributed by atoms with Crippen LogP contribution in [0, 0.1) is 5.92 Å². The first-order chi connectivity index (χ1) is 8.20. The van der Waals surface area contributed by atoms with Crippen molar-refractivity contribution in [3.63, 3.8) is 0 Å². The highest BCUT2D eigenvalue weighted by Crippen LogP contribution is 2.23. The van der Waals surface area contributed by atoms with Crippen molar-refractivity contribution in [2.75, 3.05) is 11.4 Å². The first kappa shape index (κ1) is 11.6. The van der Waals surface area contributed by atoms with Gasteiger partial charge in [-0.15, -0.1) is 0 Å². The summed E-state index contributed by atoms with van der Waals surface area (Å²) in [5, 5.41) is 0. The van der Waals surface area contributed by atoms with E-state index < -0.39 is 11.8 Å². The molecule has 1 aromatic rings. The molecule has 2 amide bonds. The molecule has 4 heteroatoms. The number of benzene rings is 1. The Labute approximate surface area is 100 Å². The van der Waals surface area contributed by atoms with E-state index in [1.165, 1.54) is 0 Å². The maximum Gasteiger partial charge on any atom is 0.239 e. The number of carbonyl (C=O) groups excluding carboxylic acids is 2. The van der Waals surface area contributed by atoms with E-state index in [-0.39, 0.29) is 5.91 Å². The third kappa shape index (κ3) is 2.46. The van der Waals surface area contributed by atoms with Crippen molar-refractivity contribution in [1.82, 2.24) is 0 Å². The van der Waals surface area contributed by atoms with Crippen LogP contribution in [0.3, 0.4) is 0 Å². The molecular weight excluding hydrogens is 216 g/mol. The summed E-state index contributed by atoms with van der Waals surface area (Å²) in [4.78, 5) is 25.2. The SMILES string of the molecule is NC(=O)C1CCCCN(c2ccccc2)C1=O. The average molecular weight is 232 g/mol. The number of nitrogens with zero attached hydrogens (tertiary/aromatic N) is 1. The Kier molecular flexibility index (Phi) is 3.42. The Hall–Kier alpha value is -1.84. The third-order valence-electron chi connectivity index (χ3n) is 3.10. The first-order valence-corrected chi connectivity index (χ1v) is 5.86. The Morgan fingerprint density at radius 2 is 1.94 bits per heavy atom. The molecule has 1 fully saturated rings. The molecule has 0 aromatic heterocycles. The Balaban J connectivity index is 2.27. The monoisotopic (exact) mass is 232 g/mol. The van der Waals surface area contributed by atoms with Gasteiger partial charge in [0.2, 0.25) is 11.8 Å². The van der Waals surface area contributed by atoms with Crippen LogP contribution in [0.5, 0.6) is 0 Å². The van der Waals surface area contributed by atoms with E-state index in [0.717, 1.165) is 18.5 Å². The van der Waals surface area contributed by atoms with Gasteiger partial charge in [0, 0.05) is 12.2 Å². The predicted octanol–water partition coefficient (Wildman–Crippen LogP) is 1.30. The molecule has 90 valence electrons. The smallest absolute Gasteiger partial charge is 0.239 e. The second-order valence-electron chi connectivity index (χ2n) is 4.28. The number of anilines is 1. The lowest BCUT2D eigenvalue weighted by molar-refractivity contribution is -0.131. The lowest BCUT2D eigenvalue weighted by Crippen LogP contribution is -2.40. The van der Waals surface area contributed by atoms with E-state index >= 15 is 0 Å². The number of hydrogen-bond acceptors (Lipinski definition) is 2. The Bertz CT molecular complexity index is 417. The molecule has 0 radical (unpaired) electrons. The van der Waals surface area contributed by atoms with Gasteiger partial charge in [-0.3, -0.25) is 9.59 Å². The molecule has 0 spiro atoms. The zero-order valence-corrected chi connectivity index (χ0v) is 9.63. The van der Waals surface area contributed by atoms with Crippen molar-refractivity contribution < 1.29 is 9.59 Å². The van der Waals surface area contributed by atoms with E-state index in [1.807, 2.05) is 30.3 Å². The fourth-order valence-corrected chi connectivity index (χ4v) is 2.17. The standard InChI is InChI=1S/C13H16N2O2/c14-12(16)11-8-4-5-9-15(13(11)17)10-6-2-1-3-7-10/h1-3,6-7,11H,4-5,8-9H2,(H2,14,16). The summed E-state index contributed by atoms with van der Waals surface area (Å²) in [6.07, 6.45) is 2.34. The molecule has 2 rings (SSSR count). The number of para-hydroxylation sites is 1. The molecule has 17 heavy (non-hydrogen) atoms. The maximum absolute atomic E-state index is 12.2. The number of nitrogens with two attached hydrogens (primary N) is 1. The van der Waals surface area contributed by atoms with Crippen LogP contribution in [-0.2, 0) is 9.59 Å². The molecule has 1 atom stereocenters. The van der Waals surface area contributed by atoms with Crippen LogP contribution in [0.4, 0.5) is 5.69 Å². The van der Waals surface area contributed by atoms with Crippen molar-refractivity contribution in [2.24, 2.45) is 11.7 Å². The lowest BCUT2D eigenvalue weighted by Gasteiger charge is -2.23. The zero-order valence-electron chi connectivity index (χ0n) is 9.63. The number of hydrogen-bond donors (Lipinski definition) is 1. The van der Waals surface area contributed by atoms with Crippen molar-refractivity contribution in [1.29, 1.82) is 0 Å². The van der Waals surface area contributed by atoms with E-state index in [9.17, 15) is 9.59 Å². The molecule has 1 aliphatic heterocycles. The van der Waals surface area contributed by atoms with Gasteiger partial charge in [-0.25, -0.2) is 0 Å². The average Bonchev–Trinajstić information content (AvgIpc) is 2.52. The van der Waals surface area contributed by atoms with E-state index in [2.05, 4.69) is 0 Å². The van der Waals surface area contributed by atoms with Crippen LogP contribution in [-0.4, -0.2) is 18.4 Å². The van der Waals surface area contributed by atoms with Gasteiger partial charge in [0.1, 0.15) is 5.92 Å². The quantitative estimate of drug-likeness (QED) is 0.781. The van der Waals surface area contributed by atoms with Gasteiger partial charge in [0.15, 0.2) is 0 Å². The highest BCUT2D eigenvalue weighted by atomic mass is 16.2. The normalized spacial score (nSPS) is 21.1. The minimum Gasteiger partial charge on any atom is -0.369 e. The van der Waals surface area contributed by atoms with Gasteiger partial charge in [0.05, 0.1) is 0 Å². The number of rotatable bonds is 2. The minimum absolute atomic E-state index is 0.166. The molecule has 0 bridgehead atoms. The van der Waals surface area contributed by atoms with Gasteiger partial charge >= 0.3 is 0 Å².